The monoisotopic (exact) mass is 365 g/mol. The summed E-state index contributed by atoms with van der Waals surface area (Å²) in [5.74, 6) is 0.163. The highest BCUT2D eigenvalue weighted by Crippen LogP contribution is 2.44. The smallest absolute Gasteiger partial charge is 0.220 e. The molecule has 4 atom stereocenters. The van der Waals surface area contributed by atoms with Gasteiger partial charge >= 0.3 is 0 Å². The fourth-order valence-electron chi connectivity index (χ4n) is 3.27. The number of thioether (sulfide) groups is 1. The summed E-state index contributed by atoms with van der Waals surface area (Å²) in [5, 5.41) is -0.0696. The number of hydrogen-bond acceptors (Lipinski definition) is 9. The molecule has 134 valence electrons. The number of rotatable bonds is 3. The number of nitrogens with zero attached hydrogens (tertiary/aromatic N) is 4. The second-order valence-corrected chi connectivity index (χ2v) is 7.62. The number of nitrogen functional groups attached to an aromatic ring is 1. The van der Waals surface area contributed by atoms with Crippen molar-refractivity contribution >= 4 is 33.9 Å². The molecule has 2 saturated heterocycles. The molecule has 2 aromatic heterocycles. The molecule has 0 radical (unpaired) electrons. The van der Waals surface area contributed by atoms with Crippen molar-refractivity contribution in [1.29, 1.82) is 0 Å². The fraction of sp³-hybridized carbons (Fsp3) is 0.600. The van der Waals surface area contributed by atoms with Crippen LogP contribution in [-0.4, -0.2) is 54.5 Å². The number of ether oxygens (including phenoxy) is 3. The summed E-state index contributed by atoms with van der Waals surface area (Å²) >= 11 is 1.21. The fourth-order valence-corrected chi connectivity index (χ4v) is 3.91. The molecule has 10 heteroatoms. The van der Waals surface area contributed by atoms with Crippen LogP contribution in [0.2, 0.25) is 0 Å². The van der Waals surface area contributed by atoms with E-state index in [1.165, 1.54) is 18.1 Å². The van der Waals surface area contributed by atoms with Crippen molar-refractivity contribution < 1.29 is 19.0 Å². The van der Waals surface area contributed by atoms with Crippen LogP contribution in [0.4, 0.5) is 5.82 Å². The van der Waals surface area contributed by atoms with Gasteiger partial charge in [-0.3, -0.25) is 9.36 Å². The predicted molar refractivity (Wildman–Crippen MR) is 90.6 cm³/mol. The van der Waals surface area contributed by atoms with Crippen molar-refractivity contribution in [2.45, 2.75) is 51.1 Å². The summed E-state index contributed by atoms with van der Waals surface area (Å²) in [6.45, 7) is 5.57. The van der Waals surface area contributed by atoms with Crippen molar-refractivity contribution in [3.05, 3.63) is 12.7 Å². The van der Waals surface area contributed by atoms with E-state index in [0.29, 0.717) is 16.9 Å². The zero-order valence-corrected chi connectivity index (χ0v) is 14.9. The van der Waals surface area contributed by atoms with Crippen LogP contribution in [0.3, 0.4) is 0 Å². The Morgan fingerprint density at radius 2 is 2.08 bits per heavy atom. The summed E-state index contributed by atoms with van der Waals surface area (Å²) in [6.07, 6.45) is 0.716. The van der Waals surface area contributed by atoms with E-state index < -0.39 is 30.3 Å². The number of fused-ring (bicyclic) bond motifs is 2. The second-order valence-electron chi connectivity index (χ2n) is 6.35. The van der Waals surface area contributed by atoms with Crippen LogP contribution in [0.15, 0.2) is 12.7 Å². The minimum atomic E-state index is -0.794. The molecule has 0 aliphatic carbocycles. The Morgan fingerprint density at radius 1 is 1.32 bits per heavy atom. The maximum Gasteiger partial charge on any atom is 0.220 e. The minimum absolute atomic E-state index is 0.0696. The average Bonchev–Trinajstić information content (AvgIpc) is 3.18. The van der Waals surface area contributed by atoms with E-state index in [2.05, 4.69) is 15.0 Å². The van der Waals surface area contributed by atoms with Gasteiger partial charge in [0, 0.05) is 0 Å². The first-order valence-corrected chi connectivity index (χ1v) is 9.00. The lowest BCUT2D eigenvalue weighted by Crippen LogP contribution is -2.34. The molecule has 0 bridgehead atoms. The summed E-state index contributed by atoms with van der Waals surface area (Å²) in [7, 11) is 0. The lowest BCUT2D eigenvalue weighted by molar-refractivity contribution is -0.195. The van der Waals surface area contributed by atoms with Gasteiger partial charge < -0.3 is 19.9 Å². The second kappa shape index (κ2) is 5.90. The maximum absolute atomic E-state index is 12.5. The van der Waals surface area contributed by atoms with Crippen LogP contribution in [-0.2, 0) is 19.0 Å². The predicted octanol–water partition coefficient (Wildman–Crippen LogP) is 1.11. The zero-order valence-electron chi connectivity index (χ0n) is 14.1. The lowest BCUT2D eigenvalue weighted by atomic mass is 10.1. The Hall–Kier alpha value is -1.75. The molecule has 0 unspecified atom stereocenters. The van der Waals surface area contributed by atoms with Gasteiger partial charge in [0.05, 0.1) is 6.33 Å². The van der Waals surface area contributed by atoms with E-state index in [1.807, 2.05) is 20.8 Å². The molecular weight excluding hydrogens is 346 g/mol. The first kappa shape index (κ1) is 16.7. The summed E-state index contributed by atoms with van der Waals surface area (Å²) in [4.78, 5) is 24.9. The number of anilines is 1. The molecular formula is C15H19N5O4S. The molecule has 25 heavy (non-hydrogen) atoms. The summed E-state index contributed by atoms with van der Waals surface area (Å²) < 4.78 is 19.7. The largest absolute Gasteiger partial charge is 0.382 e. The maximum atomic E-state index is 12.5. The quantitative estimate of drug-likeness (QED) is 0.854. The third-order valence-corrected chi connectivity index (χ3v) is 5.01. The number of hydrogen-bond donors (Lipinski definition) is 1. The van der Waals surface area contributed by atoms with Crippen molar-refractivity contribution in [3.8, 4) is 0 Å². The van der Waals surface area contributed by atoms with Gasteiger partial charge in [0.2, 0.25) is 5.12 Å². The Kier molecular flexibility index (Phi) is 3.95. The van der Waals surface area contributed by atoms with Crippen LogP contribution in [0.5, 0.6) is 0 Å². The van der Waals surface area contributed by atoms with E-state index in [9.17, 15) is 4.79 Å². The molecule has 0 saturated carbocycles. The highest BCUT2D eigenvalue weighted by Gasteiger charge is 2.58. The summed E-state index contributed by atoms with van der Waals surface area (Å²) in [6, 6.07) is 0. The third kappa shape index (κ3) is 2.69. The Labute approximate surface area is 148 Å². The molecule has 2 aliphatic heterocycles. The zero-order chi connectivity index (χ0) is 17.8. The molecule has 2 N–H and O–H groups in total. The van der Waals surface area contributed by atoms with Crippen LogP contribution in [0.25, 0.3) is 11.2 Å². The Morgan fingerprint density at radius 3 is 2.84 bits per heavy atom. The number of nitrogens with two attached hydrogens (primary N) is 1. The van der Waals surface area contributed by atoms with E-state index in [1.54, 1.807) is 10.9 Å². The van der Waals surface area contributed by atoms with Gasteiger partial charge in [0.25, 0.3) is 0 Å². The van der Waals surface area contributed by atoms with Crippen molar-refractivity contribution in [1.82, 2.24) is 19.5 Å². The SMILES string of the molecule is CCSC(=O)[C@H]1O[C@@H](n2cnc3c(N)ncnc32)[C@@H]2OC(C)(C)O[C@@H]21. The molecule has 0 amide bonds. The van der Waals surface area contributed by atoms with E-state index in [-0.39, 0.29) is 10.9 Å². The molecule has 4 rings (SSSR count). The van der Waals surface area contributed by atoms with E-state index in [0.717, 1.165) is 0 Å². The number of carbonyl (C=O) groups excluding carboxylic acids is 1. The molecule has 2 aliphatic rings. The van der Waals surface area contributed by atoms with Gasteiger partial charge in [-0.25, -0.2) is 15.0 Å². The standard InChI is InChI=1S/C15H19N5O4S/c1-4-25-14(21)10-8-9(24-15(2,3)23-8)13(22-10)20-6-19-7-11(16)17-5-18-12(7)20/h5-6,8-10,13H,4H2,1-3H3,(H2,16,17,18)/t8-,9+,10-,13+/m0/s1. The minimum Gasteiger partial charge on any atom is -0.382 e. The third-order valence-electron chi connectivity index (χ3n) is 4.21. The Balaban J connectivity index is 1.73. The van der Waals surface area contributed by atoms with Gasteiger partial charge in [0.15, 0.2) is 29.6 Å². The molecule has 9 nitrogen and oxygen atoms in total. The number of imidazole rings is 1. The van der Waals surface area contributed by atoms with Gasteiger partial charge in [-0.1, -0.05) is 18.7 Å². The normalized spacial score (nSPS) is 30.7. The molecule has 4 heterocycles. The average molecular weight is 365 g/mol. The van der Waals surface area contributed by atoms with E-state index in [4.69, 9.17) is 19.9 Å². The van der Waals surface area contributed by atoms with Gasteiger partial charge in [-0.15, -0.1) is 0 Å². The molecule has 0 spiro atoms. The van der Waals surface area contributed by atoms with Crippen LogP contribution in [0, 0.1) is 0 Å². The first-order valence-electron chi connectivity index (χ1n) is 8.02. The van der Waals surface area contributed by atoms with Crippen molar-refractivity contribution in [2.75, 3.05) is 11.5 Å². The first-order chi connectivity index (χ1) is 11.9. The summed E-state index contributed by atoms with van der Waals surface area (Å²) in [5.41, 5.74) is 6.87. The van der Waals surface area contributed by atoms with Crippen molar-refractivity contribution in [3.63, 3.8) is 0 Å². The van der Waals surface area contributed by atoms with Gasteiger partial charge in [0.1, 0.15) is 24.1 Å². The van der Waals surface area contributed by atoms with Crippen molar-refractivity contribution in [2.24, 2.45) is 0 Å². The Bertz CT molecular complexity index is 825. The van der Waals surface area contributed by atoms with Crippen LogP contribution < -0.4 is 5.73 Å². The topological polar surface area (TPSA) is 114 Å². The number of aromatic nitrogens is 4. The molecule has 2 fully saturated rings. The van der Waals surface area contributed by atoms with Crippen LogP contribution in [0.1, 0.15) is 27.0 Å². The van der Waals surface area contributed by atoms with Crippen LogP contribution >= 0.6 is 11.8 Å². The molecule has 0 aromatic carbocycles. The van der Waals surface area contributed by atoms with Gasteiger partial charge in [-0.05, 0) is 19.6 Å². The number of carbonyl (C=O) groups is 1. The highest BCUT2D eigenvalue weighted by molar-refractivity contribution is 8.13. The van der Waals surface area contributed by atoms with Gasteiger partial charge in [-0.2, -0.15) is 0 Å². The highest BCUT2D eigenvalue weighted by atomic mass is 32.2. The lowest BCUT2D eigenvalue weighted by Gasteiger charge is -2.24. The molecule has 2 aromatic rings. The van der Waals surface area contributed by atoms with E-state index >= 15 is 0 Å².